The molecule has 3 heterocycles. The van der Waals surface area contributed by atoms with Crippen molar-refractivity contribution in [1.82, 2.24) is 4.98 Å². The molecule has 2 aliphatic heterocycles. The quantitative estimate of drug-likeness (QED) is 0.804. The molecule has 0 saturated heterocycles. The molecule has 0 saturated carbocycles. The fourth-order valence-electron chi connectivity index (χ4n) is 1.90. The minimum absolute atomic E-state index is 0.260. The molecule has 0 bridgehead atoms. The van der Waals surface area contributed by atoms with Gasteiger partial charge in [-0.3, -0.25) is 0 Å². The van der Waals surface area contributed by atoms with E-state index in [4.69, 9.17) is 9.47 Å². The van der Waals surface area contributed by atoms with Crippen molar-refractivity contribution in [1.29, 1.82) is 0 Å². The number of pyridine rings is 1. The minimum atomic E-state index is -0.817. The summed E-state index contributed by atoms with van der Waals surface area (Å²) in [6, 6.07) is 5.58. The van der Waals surface area contributed by atoms with Crippen LogP contribution in [0.5, 0.6) is 0 Å². The third-order valence-corrected chi connectivity index (χ3v) is 3.03. The van der Waals surface area contributed by atoms with Crippen molar-refractivity contribution in [2.45, 2.75) is 25.3 Å². The molecule has 7 heteroatoms. The Morgan fingerprint density at radius 2 is 1.44 bits per heavy atom. The van der Waals surface area contributed by atoms with E-state index in [1.54, 1.807) is 0 Å². The van der Waals surface area contributed by atoms with Crippen LogP contribution in [0.15, 0.2) is 38.7 Å². The summed E-state index contributed by atoms with van der Waals surface area (Å²) in [5.74, 6) is 0. The molecular weight excluding hydrogens is 234 g/mol. The van der Waals surface area contributed by atoms with E-state index in [9.17, 15) is 0 Å². The molecule has 0 N–H and O–H groups in total. The third kappa shape index (κ3) is 1.72. The molecule has 0 radical (unpaired) electrons. The highest BCUT2D eigenvalue weighted by Gasteiger charge is 2.36. The van der Waals surface area contributed by atoms with Gasteiger partial charge in [0.2, 0.25) is 11.4 Å². The highest BCUT2D eigenvalue weighted by atomic mass is 16.5. The lowest BCUT2D eigenvalue weighted by molar-refractivity contribution is -0.00414. The molecular formula is C11H13N5O2. The highest BCUT2D eigenvalue weighted by Crippen LogP contribution is 2.34. The van der Waals surface area contributed by atoms with Gasteiger partial charge in [0, 0.05) is 0 Å². The van der Waals surface area contributed by atoms with Gasteiger partial charge in [-0.05, 0) is 26.0 Å². The number of azo groups is 2. The number of rotatable bonds is 2. The van der Waals surface area contributed by atoms with Gasteiger partial charge in [0.1, 0.15) is 0 Å². The van der Waals surface area contributed by atoms with Gasteiger partial charge in [0.25, 0.3) is 0 Å². The maximum absolute atomic E-state index is 5.49. The molecule has 2 unspecified atom stereocenters. The van der Waals surface area contributed by atoms with Crippen molar-refractivity contribution in [2.24, 2.45) is 20.5 Å². The van der Waals surface area contributed by atoms with Crippen molar-refractivity contribution in [3.63, 3.8) is 0 Å². The van der Waals surface area contributed by atoms with Crippen LogP contribution in [0, 0.1) is 0 Å². The Kier molecular flexibility index (Phi) is 2.46. The normalized spacial score (nSPS) is 34.3. The summed E-state index contributed by atoms with van der Waals surface area (Å²) in [6.07, 6.45) is 0. The molecule has 2 aliphatic rings. The maximum atomic E-state index is 5.49. The van der Waals surface area contributed by atoms with E-state index in [1.807, 2.05) is 32.0 Å². The van der Waals surface area contributed by atoms with Gasteiger partial charge in [-0.2, -0.15) is 10.2 Å². The second-order valence-electron chi connectivity index (χ2n) is 4.40. The zero-order valence-electron chi connectivity index (χ0n) is 10.2. The summed E-state index contributed by atoms with van der Waals surface area (Å²) >= 11 is 0. The van der Waals surface area contributed by atoms with E-state index in [-0.39, 0.29) is 13.5 Å². The SMILES string of the molecule is CC1(c2cccc(C3(C)N=NCO3)n2)N=NCO1. The predicted molar refractivity (Wildman–Crippen MR) is 60.6 cm³/mol. The average Bonchev–Trinajstić information content (AvgIpc) is 3.01. The van der Waals surface area contributed by atoms with Crippen molar-refractivity contribution >= 4 is 0 Å². The van der Waals surface area contributed by atoms with E-state index in [2.05, 4.69) is 25.4 Å². The van der Waals surface area contributed by atoms with Gasteiger partial charge in [-0.1, -0.05) is 6.07 Å². The molecule has 2 atom stereocenters. The summed E-state index contributed by atoms with van der Waals surface area (Å²) in [7, 11) is 0. The van der Waals surface area contributed by atoms with Crippen LogP contribution in [-0.2, 0) is 20.9 Å². The first-order valence-electron chi connectivity index (χ1n) is 5.66. The molecule has 0 aliphatic carbocycles. The Balaban J connectivity index is 1.99. The predicted octanol–water partition coefficient (Wildman–Crippen LogP) is 2.31. The molecule has 94 valence electrons. The zero-order chi connectivity index (χ0) is 12.6. The van der Waals surface area contributed by atoms with E-state index >= 15 is 0 Å². The monoisotopic (exact) mass is 247 g/mol. The molecule has 7 nitrogen and oxygen atoms in total. The fraction of sp³-hybridized carbons (Fsp3) is 0.545. The van der Waals surface area contributed by atoms with Crippen LogP contribution in [0.1, 0.15) is 25.2 Å². The number of ether oxygens (including phenoxy) is 2. The molecule has 0 aromatic carbocycles. The van der Waals surface area contributed by atoms with Gasteiger partial charge >= 0.3 is 0 Å². The van der Waals surface area contributed by atoms with E-state index < -0.39 is 11.4 Å². The van der Waals surface area contributed by atoms with Crippen LogP contribution in [0.4, 0.5) is 0 Å². The lowest BCUT2D eigenvalue weighted by Gasteiger charge is -2.22. The van der Waals surface area contributed by atoms with Crippen LogP contribution in [-0.4, -0.2) is 18.4 Å². The van der Waals surface area contributed by atoms with Crippen LogP contribution in [0.25, 0.3) is 0 Å². The summed E-state index contributed by atoms with van der Waals surface area (Å²) in [5, 5.41) is 15.8. The second kappa shape index (κ2) is 3.89. The lowest BCUT2D eigenvalue weighted by atomic mass is 10.1. The smallest absolute Gasteiger partial charge is 0.220 e. The molecule has 3 rings (SSSR count). The standard InChI is InChI=1S/C11H13N5O2/c1-10(15-12-6-17-10)8-4-3-5-9(14-8)11(2)16-13-7-18-11/h3-5H,6-7H2,1-2H3. The van der Waals surface area contributed by atoms with Crippen LogP contribution in [0.3, 0.4) is 0 Å². The molecule has 1 aromatic rings. The average molecular weight is 247 g/mol. The molecule has 18 heavy (non-hydrogen) atoms. The maximum Gasteiger partial charge on any atom is 0.220 e. The van der Waals surface area contributed by atoms with Gasteiger partial charge in [-0.15, -0.1) is 10.2 Å². The summed E-state index contributed by atoms with van der Waals surface area (Å²) < 4.78 is 11.0. The highest BCUT2D eigenvalue weighted by molar-refractivity contribution is 5.20. The van der Waals surface area contributed by atoms with Crippen molar-refractivity contribution in [3.8, 4) is 0 Å². The Morgan fingerprint density at radius 3 is 1.83 bits per heavy atom. The first-order valence-corrected chi connectivity index (χ1v) is 5.66. The summed E-state index contributed by atoms with van der Waals surface area (Å²) in [6.45, 7) is 4.18. The topological polar surface area (TPSA) is 80.8 Å². The van der Waals surface area contributed by atoms with Gasteiger partial charge in [0.05, 0.1) is 11.4 Å². The third-order valence-electron chi connectivity index (χ3n) is 3.03. The number of hydrogen-bond acceptors (Lipinski definition) is 7. The Bertz CT molecular complexity index is 489. The van der Waals surface area contributed by atoms with Crippen LogP contribution in [0.2, 0.25) is 0 Å². The number of aromatic nitrogens is 1. The van der Waals surface area contributed by atoms with E-state index in [1.165, 1.54) is 0 Å². The first kappa shape index (κ1) is 11.4. The van der Waals surface area contributed by atoms with E-state index in [0.717, 1.165) is 0 Å². The number of hydrogen-bond donors (Lipinski definition) is 0. The van der Waals surface area contributed by atoms with Crippen molar-refractivity contribution < 1.29 is 9.47 Å². The minimum Gasteiger partial charge on any atom is -0.322 e. The van der Waals surface area contributed by atoms with Crippen LogP contribution < -0.4 is 0 Å². The van der Waals surface area contributed by atoms with Gasteiger partial charge in [-0.25, -0.2) is 4.98 Å². The zero-order valence-corrected chi connectivity index (χ0v) is 10.2. The molecule has 0 amide bonds. The molecule has 0 fully saturated rings. The Hall–Kier alpha value is -1.73. The molecule has 1 aromatic heterocycles. The lowest BCUT2D eigenvalue weighted by Crippen LogP contribution is -2.25. The fourth-order valence-corrected chi connectivity index (χ4v) is 1.90. The second-order valence-corrected chi connectivity index (χ2v) is 4.40. The summed E-state index contributed by atoms with van der Waals surface area (Å²) in [4.78, 5) is 4.52. The Morgan fingerprint density at radius 1 is 0.944 bits per heavy atom. The largest absolute Gasteiger partial charge is 0.322 e. The van der Waals surface area contributed by atoms with Crippen molar-refractivity contribution in [2.75, 3.05) is 13.5 Å². The first-order chi connectivity index (χ1) is 8.62. The molecule has 0 spiro atoms. The van der Waals surface area contributed by atoms with Gasteiger partial charge < -0.3 is 9.47 Å². The summed E-state index contributed by atoms with van der Waals surface area (Å²) in [5.41, 5.74) is -0.258. The Labute approximate surface area is 104 Å². The van der Waals surface area contributed by atoms with Gasteiger partial charge in [0.15, 0.2) is 13.5 Å². The van der Waals surface area contributed by atoms with Crippen molar-refractivity contribution in [3.05, 3.63) is 29.6 Å². The number of nitrogens with zero attached hydrogens (tertiary/aromatic N) is 5. The van der Waals surface area contributed by atoms with E-state index in [0.29, 0.717) is 11.4 Å². The van der Waals surface area contributed by atoms with Crippen LogP contribution >= 0.6 is 0 Å².